The molecule has 0 unspecified atom stereocenters. The van der Waals surface area contributed by atoms with E-state index in [0.717, 1.165) is 5.56 Å². The van der Waals surface area contributed by atoms with Crippen molar-refractivity contribution in [2.24, 2.45) is 11.1 Å². The lowest BCUT2D eigenvalue weighted by atomic mass is 9.95. The van der Waals surface area contributed by atoms with Gasteiger partial charge >= 0.3 is 5.97 Å². The number of rotatable bonds is 9. The topological polar surface area (TPSA) is 101 Å². The lowest BCUT2D eigenvalue weighted by Gasteiger charge is -2.19. The molecule has 0 aliphatic heterocycles. The van der Waals surface area contributed by atoms with Gasteiger partial charge in [-0.3, -0.25) is 4.79 Å². The number of carboxylic acid groups (broad SMARTS) is 1. The van der Waals surface area contributed by atoms with E-state index in [2.05, 4.69) is 9.97 Å². The Morgan fingerprint density at radius 2 is 1.94 bits per heavy atom. The van der Waals surface area contributed by atoms with Crippen LogP contribution in [0.15, 0.2) is 73.1 Å². The van der Waals surface area contributed by atoms with Gasteiger partial charge in [-0.05, 0) is 50.1 Å². The number of nitrogens with two attached hydrogens (primary N) is 1. The number of aromatic amines is 1. The van der Waals surface area contributed by atoms with Gasteiger partial charge in [-0.1, -0.05) is 36.4 Å². The second-order valence-electron chi connectivity index (χ2n) is 7.98. The Hall–Kier alpha value is -3.87. The first-order valence-electron chi connectivity index (χ1n) is 10.1. The maximum Gasteiger partial charge on any atom is 0.312 e. The molecule has 0 saturated carbocycles. The molecule has 2 aromatic carbocycles. The van der Waals surface area contributed by atoms with Crippen LogP contribution in [0, 0.1) is 11.2 Å². The van der Waals surface area contributed by atoms with Gasteiger partial charge < -0.3 is 20.6 Å². The van der Waals surface area contributed by atoms with Gasteiger partial charge in [-0.15, -0.1) is 0 Å². The zero-order chi connectivity index (χ0) is 23.1. The molecule has 7 heteroatoms. The highest BCUT2D eigenvalue weighted by Crippen LogP contribution is 2.23. The van der Waals surface area contributed by atoms with Crippen LogP contribution in [0.2, 0.25) is 0 Å². The first-order chi connectivity index (χ1) is 15.3. The summed E-state index contributed by atoms with van der Waals surface area (Å²) in [6.07, 6.45) is 7.48. The van der Waals surface area contributed by atoms with Crippen molar-refractivity contribution in [1.29, 1.82) is 0 Å². The molecular weight excluding hydrogens is 409 g/mol. The number of aromatic nitrogens is 2. The van der Waals surface area contributed by atoms with E-state index in [4.69, 9.17) is 15.6 Å². The first kappa shape index (κ1) is 22.8. The molecule has 0 spiro atoms. The molecule has 3 aromatic rings. The number of H-pyrrole nitrogens is 1. The van der Waals surface area contributed by atoms with Crippen LogP contribution in [0.5, 0.6) is 5.75 Å². The van der Waals surface area contributed by atoms with Crippen molar-refractivity contribution in [2.75, 3.05) is 6.61 Å². The van der Waals surface area contributed by atoms with Gasteiger partial charge in [0.05, 0.1) is 17.3 Å². The fourth-order valence-electron chi connectivity index (χ4n) is 2.87. The van der Waals surface area contributed by atoms with Crippen LogP contribution in [0.1, 0.15) is 25.2 Å². The lowest BCUT2D eigenvalue weighted by Crippen LogP contribution is -2.30. The van der Waals surface area contributed by atoms with E-state index in [0.29, 0.717) is 34.8 Å². The quantitative estimate of drug-likeness (QED) is 0.419. The summed E-state index contributed by atoms with van der Waals surface area (Å²) in [7, 11) is 0. The number of aliphatic carboxylic acids is 1. The van der Waals surface area contributed by atoms with Gasteiger partial charge in [0, 0.05) is 17.3 Å². The number of hydrogen-bond donors (Lipinski definition) is 3. The normalized spacial score (nSPS) is 12.3. The molecule has 0 fully saturated rings. The summed E-state index contributed by atoms with van der Waals surface area (Å²) in [6.45, 7) is 3.33. The van der Waals surface area contributed by atoms with E-state index >= 15 is 0 Å². The number of imidazole rings is 1. The number of halogens is 1. The summed E-state index contributed by atoms with van der Waals surface area (Å²) in [5.74, 6) is -0.0614. The SMILES string of the molecule is CC(C)(COc1ccc(C/C=C\C(=C/N)c2ncc(-c3ccccc3F)[nH]2)cc1)C(=O)O. The van der Waals surface area contributed by atoms with Crippen molar-refractivity contribution in [3.63, 3.8) is 0 Å². The van der Waals surface area contributed by atoms with Crippen LogP contribution in [0.3, 0.4) is 0 Å². The van der Waals surface area contributed by atoms with Crippen molar-refractivity contribution in [1.82, 2.24) is 9.97 Å². The van der Waals surface area contributed by atoms with Crippen molar-refractivity contribution in [3.8, 4) is 17.0 Å². The van der Waals surface area contributed by atoms with E-state index in [1.165, 1.54) is 12.3 Å². The zero-order valence-electron chi connectivity index (χ0n) is 18.0. The van der Waals surface area contributed by atoms with Crippen molar-refractivity contribution in [2.45, 2.75) is 20.3 Å². The van der Waals surface area contributed by atoms with Crippen LogP contribution in [-0.4, -0.2) is 27.7 Å². The predicted octanol–water partition coefficient (Wildman–Crippen LogP) is 4.80. The largest absolute Gasteiger partial charge is 0.492 e. The lowest BCUT2D eigenvalue weighted by molar-refractivity contribution is -0.148. The summed E-state index contributed by atoms with van der Waals surface area (Å²) >= 11 is 0. The van der Waals surface area contributed by atoms with Gasteiger partial charge in [-0.2, -0.15) is 0 Å². The van der Waals surface area contributed by atoms with E-state index in [9.17, 15) is 9.18 Å². The molecule has 0 aliphatic rings. The van der Waals surface area contributed by atoms with Crippen molar-refractivity contribution in [3.05, 3.63) is 90.3 Å². The summed E-state index contributed by atoms with van der Waals surface area (Å²) in [6, 6.07) is 14.0. The van der Waals surface area contributed by atoms with Crippen LogP contribution in [-0.2, 0) is 11.2 Å². The zero-order valence-corrected chi connectivity index (χ0v) is 18.0. The van der Waals surface area contributed by atoms with E-state index < -0.39 is 11.4 Å². The number of carboxylic acids is 1. The second-order valence-corrected chi connectivity index (χ2v) is 7.98. The molecular formula is C25H26FN3O3. The standard InChI is InChI=1S/C25H26FN3O3/c1-25(2,24(30)31)16-32-19-12-10-17(11-13-19)6-5-7-18(14-27)23-28-15-22(29-23)20-8-3-4-9-21(20)26/h3-5,7-15H,6,16,27H2,1-2H3,(H,28,29)(H,30,31)/b7-5-,18-14+. The number of carbonyl (C=O) groups is 1. The van der Waals surface area contributed by atoms with E-state index in [1.807, 2.05) is 36.4 Å². The van der Waals surface area contributed by atoms with Crippen LogP contribution in [0.4, 0.5) is 4.39 Å². The fraction of sp³-hybridized carbons (Fsp3) is 0.200. The third-order valence-corrected chi connectivity index (χ3v) is 4.95. The van der Waals surface area contributed by atoms with E-state index in [1.54, 1.807) is 38.2 Å². The minimum Gasteiger partial charge on any atom is -0.492 e. The molecule has 0 saturated heterocycles. The maximum absolute atomic E-state index is 14.0. The Morgan fingerprint density at radius 1 is 1.22 bits per heavy atom. The van der Waals surface area contributed by atoms with E-state index in [-0.39, 0.29) is 12.4 Å². The summed E-state index contributed by atoms with van der Waals surface area (Å²) in [4.78, 5) is 18.6. The maximum atomic E-state index is 14.0. The van der Waals surface area contributed by atoms with Gasteiger partial charge in [0.15, 0.2) is 0 Å². The number of nitrogens with one attached hydrogen (secondary N) is 1. The molecule has 0 bridgehead atoms. The molecule has 0 amide bonds. The van der Waals surface area contributed by atoms with Crippen LogP contribution >= 0.6 is 0 Å². The average Bonchev–Trinajstić information content (AvgIpc) is 3.26. The highest BCUT2D eigenvalue weighted by molar-refractivity contribution is 5.74. The molecule has 32 heavy (non-hydrogen) atoms. The van der Waals surface area contributed by atoms with Gasteiger partial charge in [0.25, 0.3) is 0 Å². The molecule has 4 N–H and O–H groups in total. The predicted molar refractivity (Wildman–Crippen MR) is 122 cm³/mol. The molecule has 0 aliphatic carbocycles. The van der Waals surface area contributed by atoms with Gasteiger partial charge in [-0.25, -0.2) is 9.37 Å². The van der Waals surface area contributed by atoms with Crippen LogP contribution < -0.4 is 10.5 Å². The number of nitrogens with zero attached hydrogens (tertiary/aromatic N) is 1. The second kappa shape index (κ2) is 9.96. The summed E-state index contributed by atoms with van der Waals surface area (Å²) in [5, 5.41) is 9.16. The Balaban J connectivity index is 1.60. The monoisotopic (exact) mass is 435 g/mol. The Bertz CT molecular complexity index is 1130. The number of hydrogen-bond acceptors (Lipinski definition) is 4. The average molecular weight is 435 g/mol. The molecule has 1 heterocycles. The molecule has 6 nitrogen and oxygen atoms in total. The Morgan fingerprint density at radius 3 is 2.59 bits per heavy atom. The van der Waals surface area contributed by atoms with Gasteiger partial charge in [0.2, 0.25) is 0 Å². The van der Waals surface area contributed by atoms with Gasteiger partial charge in [0.1, 0.15) is 24.0 Å². The molecule has 0 radical (unpaired) electrons. The summed E-state index contributed by atoms with van der Waals surface area (Å²) in [5.41, 5.74) is 7.57. The third kappa shape index (κ3) is 5.63. The first-order valence-corrected chi connectivity index (χ1v) is 10.1. The van der Waals surface area contributed by atoms with Crippen molar-refractivity contribution < 1.29 is 19.0 Å². The third-order valence-electron chi connectivity index (χ3n) is 4.95. The highest BCUT2D eigenvalue weighted by atomic mass is 19.1. The number of ether oxygens (including phenoxy) is 1. The molecule has 166 valence electrons. The molecule has 3 rings (SSSR count). The minimum atomic E-state index is -0.954. The smallest absolute Gasteiger partial charge is 0.312 e. The van der Waals surface area contributed by atoms with Crippen LogP contribution in [0.25, 0.3) is 16.8 Å². The molecule has 0 atom stereocenters. The number of allylic oxidation sites excluding steroid dienone is 3. The summed E-state index contributed by atoms with van der Waals surface area (Å²) < 4.78 is 19.6. The van der Waals surface area contributed by atoms with Crippen molar-refractivity contribution >= 4 is 11.5 Å². The molecule has 1 aromatic heterocycles. The Labute approximate surface area is 186 Å². The highest BCUT2D eigenvalue weighted by Gasteiger charge is 2.28. The fourth-order valence-corrected chi connectivity index (χ4v) is 2.87. The minimum absolute atomic E-state index is 0.0876. The Kier molecular flexibility index (Phi) is 7.10. The number of benzene rings is 2.